The van der Waals surface area contributed by atoms with Gasteiger partial charge >= 0.3 is 12.1 Å². The minimum Gasteiger partial charge on any atom is -0.508 e. The van der Waals surface area contributed by atoms with Gasteiger partial charge in [-0.05, 0) is 37.3 Å². The summed E-state index contributed by atoms with van der Waals surface area (Å²) in [6, 6.07) is 10.8. The Morgan fingerprint density at radius 1 is 1.12 bits per heavy atom. The van der Waals surface area contributed by atoms with E-state index in [0.29, 0.717) is 0 Å². The van der Waals surface area contributed by atoms with E-state index in [-0.39, 0.29) is 51.6 Å². The van der Waals surface area contributed by atoms with E-state index in [0.717, 1.165) is 12.1 Å². The predicted molar refractivity (Wildman–Crippen MR) is 121 cm³/mol. The van der Waals surface area contributed by atoms with Crippen LogP contribution in [0.1, 0.15) is 17.3 Å². The maximum atomic E-state index is 12.6. The van der Waals surface area contributed by atoms with Crippen molar-refractivity contribution in [3.05, 3.63) is 76.7 Å². The molecule has 0 bridgehead atoms. The summed E-state index contributed by atoms with van der Waals surface area (Å²) in [7, 11) is 0. The number of hydrogen-bond acceptors (Lipinski definition) is 9. The molecular weight excluding hydrogens is 444 g/mol. The first kappa shape index (κ1) is 22.3. The summed E-state index contributed by atoms with van der Waals surface area (Å²) < 4.78 is 16.0. The summed E-state index contributed by atoms with van der Waals surface area (Å²) in [6.45, 7) is 1.74. The lowest BCUT2D eigenvalue weighted by molar-refractivity contribution is 0.0734. The summed E-state index contributed by atoms with van der Waals surface area (Å²) in [4.78, 5) is 41.0. The van der Waals surface area contributed by atoms with Crippen molar-refractivity contribution in [2.24, 2.45) is 0 Å². The third-order valence-electron chi connectivity index (χ3n) is 4.67. The number of anilines is 1. The molecule has 0 atom stereocenters. The van der Waals surface area contributed by atoms with Crippen molar-refractivity contribution in [2.45, 2.75) is 6.92 Å². The molecule has 0 spiro atoms. The second kappa shape index (κ2) is 9.33. The second-order valence-corrected chi connectivity index (χ2v) is 7.00. The van der Waals surface area contributed by atoms with Crippen LogP contribution in [0.25, 0.3) is 22.3 Å². The Morgan fingerprint density at radius 3 is 2.68 bits per heavy atom. The predicted octanol–water partition coefficient (Wildman–Crippen LogP) is 4.05. The zero-order valence-electron chi connectivity index (χ0n) is 17.8. The van der Waals surface area contributed by atoms with Crippen molar-refractivity contribution >= 4 is 28.7 Å². The Balaban J connectivity index is 1.78. The van der Waals surface area contributed by atoms with E-state index < -0.39 is 23.2 Å². The quantitative estimate of drug-likeness (QED) is 0.295. The maximum Gasteiger partial charge on any atom is 0.411 e. The second-order valence-electron chi connectivity index (χ2n) is 7.00. The molecule has 0 saturated carbocycles. The minimum absolute atomic E-state index is 0.00965. The van der Waals surface area contributed by atoms with E-state index >= 15 is 0 Å². The molecule has 0 radical (unpaired) electrons. The highest BCUT2D eigenvalue weighted by molar-refractivity contribution is 5.94. The molecule has 10 heteroatoms. The van der Waals surface area contributed by atoms with Gasteiger partial charge in [0.1, 0.15) is 17.3 Å². The number of aromatic nitrogens is 1. The zero-order valence-corrected chi connectivity index (χ0v) is 17.8. The molecule has 10 nitrogen and oxygen atoms in total. The van der Waals surface area contributed by atoms with Crippen LogP contribution in [0.3, 0.4) is 0 Å². The van der Waals surface area contributed by atoms with Gasteiger partial charge in [-0.25, -0.2) is 9.59 Å². The molecule has 0 unspecified atom stereocenters. The van der Waals surface area contributed by atoms with Crippen molar-refractivity contribution in [3.63, 3.8) is 0 Å². The van der Waals surface area contributed by atoms with E-state index in [4.69, 9.17) is 13.9 Å². The topological polar surface area (TPSA) is 148 Å². The van der Waals surface area contributed by atoms with Gasteiger partial charge in [-0.2, -0.15) is 0 Å². The van der Waals surface area contributed by atoms with Crippen LogP contribution in [-0.2, 0) is 4.74 Å². The van der Waals surface area contributed by atoms with Crippen molar-refractivity contribution < 1.29 is 33.7 Å². The van der Waals surface area contributed by atoms with E-state index in [2.05, 4.69) is 10.3 Å². The molecule has 0 aliphatic heterocycles. The lowest BCUT2D eigenvalue weighted by atomic mass is 10.1. The number of fused-ring (bicyclic) bond motifs is 1. The summed E-state index contributed by atoms with van der Waals surface area (Å²) in [6.07, 6.45) is 2.08. The van der Waals surface area contributed by atoms with E-state index in [1.165, 1.54) is 42.7 Å². The molecule has 2 aromatic heterocycles. The molecule has 34 heavy (non-hydrogen) atoms. The standard InChI is InChI=1S/C24H18N2O8/c1-2-32-24(31)26-18-10-15(33-23(30)13-4-3-7-25-12-13)5-6-16(18)21-11-19(28)17-8-14(27)9-20(29)22(17)34-21/h3-12,27,29H,2H2,1H3,(H,26,31). The van der Waals surface area contributed by atoms with Crippen LogP contribution in [0, 0.1) is 0 Å². The number of amides is 1. The van der Waals surface area contributed by atoms with E-state index in [1.54, 1.807) is 13.0 Å². The number of pyridine rings is 1. The Labute approximate surface area is 192 Å². The number of phenols is 2. The summed E-state index contributed by atoms with van der Waals surface area (Å²) in [5.41, 5.74) is -0.0757. The van der Waals surface area contributed by atoms with Gasteiger partial charge in [0.15, 0.2) is 16.8 Å². The normalized spacial score (nSPS) is 10.6. The molecule has 2 aromatic carbocycles. The first-order valence-electron chi connectivity index (χ1n) is 10.1. The lowest BCUT2D eigenvalue weighted by Gasteiger charge is -2.13. The van der Waals surface area contributed by atoms with Crippen LogP contribution < -0.4 is 15.5 Å². The van der Waals surface area contributed by atoms with Crippen LogP contribution in [0.5, 0.6) is 17.2 Å². The number of esters is 1. The Hall–Kier alpha value is -4.86. The number of hydrogen-bond donors (Lipinski definition) is 3. The van der Waals surface area contributed by atoms with Crippen molar-refractivity contribution in [3.8, 4) is 28.6 Å². The van der Waals surface area contributed by atoms with E-state index in [1.807, 2.05) is 0 Å². The first-order chi connectivity index (χ1) is 16.4. The van der Waals surface area contributed by atoms with Crippen molar-refractivity contribution in [1.82, 2.24) is 4.98 Å². The van der Waals surface area contributed by atoms with Crippen LogP contribution >= 0.6 is 0 Å². The summed E-state index contributed by atoms with van der Waals surface area (Å²) in [5.74, 6) is -1.29. The van der Waals surface area contributed by atoms with Gasteiger partial charge < -0.3 is 24.1 Å². The number of rotatable bonds is 5. The molecular formula is C24H18N2O8. The SMILES string of the molecule is CCOC(=O)Nc1cc(OC(=O)c2cccnc2)ccc1-c1cc(=O)c2cc(O)cc(O)c2o1. The fourth-order valence-corrected chi connectivity index (χ4v) is 3.19. The van der Waals surface area contributed by atoms with Crippen LogP contribution in [0.4, 0.5) is 10.5 Å². The van der Waals surface area contributed by atoms with Gasteiger partial charge in [0, 0.05) is 36.2 Å². The number of carbonyl (C=O) groups excluding carboxylic acids is 2. The smallest absolute Gasteiger partial charge is 0.411 e. The Morgan fingerprint density at radius 2 is 1.94 bits per heavy atom. The molecule has 4 aromatic rings. The largest absolute Gasteiger partial charge is 0.508 e. The summed E-state index contributed by atoms with van der Waals surface area (Å²) in [5, 5.41) is 22.3. The number of phenolic OH excluding ortho intramolecular Hbond substituents is 2. The highest BCUT2D eigenvalue weighted by Gasteiger charge is 2.18. The van der Waals surface area contributed by atoms with Gasteiger partial charge in [-0.3, -0.25) is 15.1 Å². The van der Waals surface area contributed by atoms with Crippen molar-refractivity contribution in [1.29, 1.82) is 0 Å². The molecule has 0 fully saturated rings. The molecule has 172 valence electrons. The molecule has 2 heterocycles. The van der Waals surface area contributed by atoms with Crippen molar-refractivity contribution in [2.75, 3.05) is 11.9 Å². The third-order valence-corrected chi connectivity index (χ3v) is 4.67. The molecule has 0 aliphatic carbocycles. The monoisotopic (exact) mass is 462 g/mol. The molecule has 1 amide bonds. The molecule has 3 N–H and O–H groups in total. The third kappa shape index (κ3) is 4.65. The Bertz CT molecular complexity index is 1450. The molecule has 4 rings (SSSR count). The van der Waals surface area contributed by atoms with Crippen LogP contribution in [-0.4, -0.2) is 33.9 Å². The molecule has 0 aliphatic rings. The fraction of sp³-hybridized carbons (Fsp3) is 0.0833. The minimum atomic E-state index is -0.782. The van der Waals surface area contributed by atoms with Crippen LogP contribution in [0.2, 0.25) is 0 Å². The molecule has 0 saturated heterocycles. The highest BCUT2D eigenvalue weighted by atomic mass is 16.5. The van der Waals surface area contributed by atoms with Gasteiger partial charge in [0.05, 0.1) is 23.2 Å². The number of carbonyl (C=O) groups is 2. The zero-order chi connectivity index (χ0) is 24.2. The number of nitrogens with zero attached hydrogens (tertiary/aromatic N) is 1. The van der Waals surface area contributed by atoms with Gasteiger partial charge in [-0.15, -0.1) is 0 Å². The van der Waals surface area contributed by atoms with E-state index in [9.17, 15) is 24.6 Å². The Kier molecular flexibility index (Phi) is 6.13. The number of ether oxygens (including phenoxy) is 2. The maximum absolute atomic E-state index is 12.6. The lowest BCUT2D eigenvalue weighted by Crippen LogP contribution is -2.15. The average Bonchev–Trinajstić information content (AvgIpc) is 2.80. The van der Waals surface area contributed by atoms with Gasteiger partial charge in [-0.1, -0.05) is 0 Å². The van der Waals surface area contributed by atoms with Gasteiger partial charge in [0.2, 0.25) is 0 Å². The number of nitrogens with one attached hydrogen (secondary N) is 1. The first-order valence-corrected chi connectivity index (χ1v) is 10.1. The number of benzene rings is 2. The van der Waals surface area contributed by atoms with Gasteiger partial charge in [0.25, 0.3) is 0 Å². The number of aromatic hydroxyl groups is 2. The fourth-order valence-electron chi connectivity index (χ4n) is 3.19. The summed E-state index contributed by atoms with van der Waals surface area (Å²) >= 11 is 0. The average molecular weight is 462 g/mol. The highest BCUT2D eigenvalue weighted by Crippen LogP contribution is 2.35. The van der Waals surface area contributed by atoms with Crippen LogP contribution in [0.15, 0.2) is 70.1 Å².